The first-order chi connectivity index (χ1) is 8.79. The van der Waals surface area contributed by atoms with Crippen LogP contribution >= 0.6 is 0 Å². The maximum atomic E-state index is 12.1. The average Bonchev–Trinajstić information content (AvgIpc) is 2.41. The van der Waals surface area contributed by atoms with E-state index in [4.69, 9.17) is 0 Å². The number of ketones is 1. The Kier molecular flexibility index (Phi) is 4.30. The second kappa shape index (κ2) is 6.15. The molecular formula is C17H18O. The van der Waals surface area contributed by atoms with Gasteiger partial charge in [-0.1, -0.05) is 67.9 Å². The van der Waals surface area contributed by atoms with Gasteiger partial charge in [-0.05, 0) is 17.5 Å². The molecule has 0 aliphatic carbocycles. The van der Waals surface area contributed by atoms with Crippen molar-refractivity contribution in [3.63, 3.8) is 0 Å². The van der Waals surface area contributed by atoms with Crippen LogP contribution in [0.5, 0.6) is 0 Å². The number of aryl methyl sites for hydroxylation is 1. The molecule has 0 saturated carbocycles. The molecule has 0 aliphatic rings. The van der Waals surface area contributed by atoms with Crippen LogP contribution in [0.2, 0.25) is 0 Å². The van der Waals surface area contributed by atoms with E-state index >= 15 is 0 Å². The van der Waals surface area contributed by atoms with Gasteiger partial charge < -0.3 is 0 Å². The maximum absolute atomic E-state index is 12.1. The maximum Gasteiger partial charge on any atom is 0.167 e. The fourth-order valence-electron chi connectivity index (χ4n) is 2.03. The first kappa shape index (κ1) is 12.6. The van der Waals surface area contributed by atoms with Gasteiger partial charge in [0.15, 0.2) is 5.78 Å². The summed E-state index contributed by atoms with van der Waals surface area (Å²) in [5.41, 5.74) is 3.17. The lowest BCUT2D eigenvalue weighted by atomic mass is 10.0. The Bertz CT molecular complexity index is 497. The predicted molar refractivity (Wildman–Crippen MR) is 74.9 cm³/mol. The van der Waals surface area contributed by atoms with E-state index in [2.05, 4.69) is 19.1 Å². The van der Waals surface area contributed by atoms with Gasteiger partial charge in [0, 0.05) is 12.0 Å². The Balaban J connectivity index is 2.05. The van der Waals surface area contributed by atoms with Crippen molar-refractivity contribution in [2.75, 3.05) is 0 Å². The van der Waals surface area contributed by atoms with E-state index in [1.54, 1.807) is 0 Å². The summed E-state index contributed by atoms with van der Waals surface area (Å²) in [5, 5.41) is 0. The largest absolute Gasteiger partial charge is 0.294 e. The van der Waals surface area contributed by atoms with Crippen LogP contribution in [0.3, 0.4) is 0 Å². The van der Waals surface area contributed by atoms with Gasteiger partial charge in [-0.25, -0.2) is 0 Å². The number of rotatable bonds is 5. The van der Waals surface area contributed by atoms with Crippen LogP contribution in [0, 0.1) is 0 Å². The molecule has 2 aromatic carbocycles. The monoisotopic (exact) mass is 238 g/mol. The van der Waals surface area contributed by atoms with Crippen LogP contribution in [0.15, 0.2) is 54.6 Å². The molecule has 18 heavy (non-hydrogen) atoms. The zero-order chi connectivity index (χ0) is 12.8. The molecule has 92 valence electrons. The highest BCUT2D eigenvalue weighted by molar-refractivity contribution is 5.97. The summed E-state index contributed by atoms with van der Waals surface area (Å²) in [6.45, 7) is 2.16. The van der Waals surface area contributed by atoms with Crippen molar-refractivity contribution in [1.29, 1.82) is 0 Å². The van der Waals surface area contributed by atoms with Crippen molar-refractivity contribution < 1.29 is 4.79 Å². The standard InChI is InChI=1S/C17H18O/c1-2-6-14-9-11-16(12-10-14)17(18)13-15-7-4-3-5-8-15/h3-5,7-12H,2,6,13H2,1H3. The summed E-state index contributed by atoms with van der Waals surface area (Å²) < 4.78 is 0. The Morgan fingerprint density at radius 1 is 0.889 bits per heavy atom. The van der Waals surface area contributed by atoms with Crippen LogP contribution in [0.25, 0.3) is 0 Å². The van der Waals surface area contributed by atoms with Gasteiger partial charge in [0.05, 0.1) is 0 Å². The van der Waals surface area contributed by atoms with Crippen molar-refractivity contribution in [3.05, 3.63) is 71.3 Å². The zero-order valence-corrected chi connectivity index (χ0v) is 10.7. The van der Waals surface area contributed by atoms with Crippen molar-refractivity contribution in [3.8, 4) is 0 Å². The minimum Gasteiger partial charge on any atom is -0.294 e. The molecule has 2 aromatic rings. The van der Waals surface area contributed by atoms with Gasteiger partial charge in [0.1, 0.15) is 0 Å². The third-order valence-electron chi connectivity index (χ3n) is 3.02. The SMILES string of the molecule is CCCc1ccc(C(=O)Cc2ccccc2)cc1. The first-order valence-corrected chi connectivity index (χ1v) is 6.45. The van der Waals surface area contributed by atoms with Gasteiger partial charge in [-0.2, -0.15) is 0 Å². The fraction of sp³-hybridized carbons (Fsp3) is 0.235. The van der Waals surface area contributed by atoms with Gasteiger partial charge >= 0.3 is 0 Å². The lowest BCUT2D eigenvalue weighted by Crippen LogP contribution is -2.03. The number of benzene rings is 2. The van der Waals surface area contributed by atoms with Crippen LogP contribution in [0.4, 0.5) is 0 Å². The van der Waals surface area contributed by atoms with E-state index in [0.717, 1.165) is 24.0 Å². The molecule has 0 saturated heterocycles. The third kappa shape index (κ3) is 3.30. The Hall–Kier alpha value is -1.89. The number of carbonyl (C=O) groups excluding carboxylic acids is 1. The van der Waals surface area contributed by atoms with Crippen LogP contribution in [-0.2, 0) is 12.8 Å². The fourth-order valence-corrected chi connectivity index (χ4v) is 2.03. The molecule has 0 aromatic heterocycles. The highest BCUT2D eigenvalue weighted by Crippen LogP contribution is 2.10. The highest BCUT2D eigenvalue weighted by Gasteiger charge is 2.06. The molecule has 1 heteroatoms. The summed E-state index contributed by atoms with van der Waals surface area (Å²) in [7, 11) is 0. The summed E-state index contributed by atoms with van der Waals surface area (Å²) in [5.74, 6) is 0.184. The molecule has 0 spiro atoms. The molecule has 0 fully saturated rings. The summed E-state index contributed by atoms with van der Waals surface area (Å²) in [6, 6.07) is 17.9. The molecule has 0 unspecified atom stereocenters. The Morgan fingerprint density at radius 2 is 1.56 bits per heavy atom. The van der Waals surface area contributed by atoms with Gasteiger partial charge in [0.2, 0.25) is 0 Å². The van der Waals surface area contributed by atoms with Crippen molar-refractivity contribution >= 4 is 5.78 Å². The van der Waals surface area contributed by atoms with E-state index in [1.165, 1.54) is 5.56 Å². The Labute approximate surface area is 108 Å². The molecule has 0 bridgehead atoms. The summed E-state index contributed by atoms with van der Waals surface area (Å²) in [6.07, 6.45) is 2.69. The van der Waals surface area contributed by atoms with E-state index in [0.29, 0.717) is 6.42 Å². The lowest BCUT2D eigenvalue weighted by Gasteiger charge is -2.03. The van der Waals surface area contributed by atoms with Crippen LogP contribution in [0.1, 0.15) is 34.8 Å². The Morgan fingerprint density at radius 3 is 2.17 bits per heavy atom. The van der Waals surface area contributed by atoms with Crippen molar-refractivity contribution in [2.45, 2.75) is 26.2 Å². The minimum absolute atomic E-state index is 0.184. The van der Waals surface area contributed by atoms with E-state index in [1.807, 2.05) is 42.5 Å². The molecule has 2 rings (SSSR count). The zero-order valence-electron chi connectivity index (χ0n) is 10.7. The third-order valence-corrected chi connectivity index (χ3v) is 3.02. The molecular weight excluding hydrogens is 220 g/mol. The van der Waals surface area contributed by atoms with Gasteiger partial charge in [0.25, 0.3) is 0 Å². The number of carbonyl (C=O) groups is 1. The topological polar surface area (TPSA) is 17.1 Å². The minimum atomic E-state index is 0.184. The molecule has 0 aliphatic heterocycles. The molecule has 0 atom stereocenters. The number of hydrogen-bond acceptors (Lipinski definition) is 1. The van der Waals surface area contributed by atoms with Gasteiger partial charge in [-0.15, -0.1) is 0 Å². The highest BCUT2D eigenvalue weighted by atomic mass is 16.1. The number of hydrogen-bond donors (Lipinski definition) is 0. The second-order valence-corrected chi connectivity index (χ2v) is 4.53. The molecule has 0 amide bonds. The average molecular weight is 238 g/mol. The summed E-state index contributed by atoms with van der Waals surface area (Å²) in [4.78, 5) is 12.1. The van der Waals surface area contributed by atoms with E-state index in [-0.39, 0.29) is 5.78 Å². The summed E-state index contributed by atoms with van der Waals surface area (Å²) >= 11 is 0. The van der Waals surface area contributed by atoms with Crippen molar-refractivity contribution in [2.24, 2.45) is 0 Å². The second-order valence-electron chi connectivity index (χ2n) is 4.53. The van der Waals surface area contributed by atoms with Crippen molar-refractivity contribution in [1.82, 2.24) is 0 Å². The molecule has 0 heterocycles. The predicted octanol–water partition coefficient (Wildman–Crippen LogP) is 4.06. The van der Waals surface area contributed by atoms with Gasteiger partial charge in [-0.3, -0.25) is 4.79 Å². The van der Waals surface area contributed by atoms with Crippen LogP contribution < -0.4 is 0 Å². The molecule has 0 N–H and O–H groups in total. The molecule has 1 nitrogen and oxygen atoms in total. The lowest BCUT2D eigenvalue weighted by molar-refractivity contribution is 0.0993. The first-order valence-electron chi connectivity index (χ1n) is 6.45. The smallest absolute Gasteiger partial charge is 0.167 e. The van der Waals surface area contributed by atoms with Crippen LogP contribution in [-0.4, -0.2) is 5.78 Å². The quantitative estimate of drug-likeness (QED) is 0.718. The number of Topliss-reactive ketones (excluding diaryl/α,β-unsaturated/α-hetero) is 1. The van der Waals surface area contributed by atoms with E-state index in [9.17, 15) is 4.79 Å². The normalized spacial score (nSPS) is 10.3. The van der Waals surface area contributed by atoms with E-state index < -0.39 is 0 Å². The molecule has 0 radical (unpaired) electrons.